The van der Waals surface area contributed by atoms with Gasteiger partial charge in [-0.3, -0.25) is 0 Å². The number of benzene rings is 2. The first-order valence-electron chi connectivity index (χ1n) is 6.14. The average molecular weight is 341 g/mol. The van der Waals surface area contributed by atoms with E-state index in [1.165, 1.54) is 0 Å². The van der Waals surface area contributed by atoms with E-state index in [0.29, 0.717) is 27.4 Å². The number of ether oxygens (including phenoxy) is 1. The van der Waals surface area contributed by atoms with Gasteiger partial charge >= 0.3 is 0 Å². The molecule has 2 rings (SSSR count). The van der Waals surface area contributed by atoms with Gasteiger partial charge in [-0.2, -0.15) is 0 Å². The van der Waals surface area contributed by atoms with Crippen LogP contribution in [0.2, 0.25) is 15.1 Å². The van der Waals surface area contributed by atoms with E-state index >= 15 is 0 Å². The fourth-order valence-corrected chi connectivity index (χ4v) is 2.51. The Morgan fingerprint density at radius 1 is 1.05 bits per heavy atom. The third-order valence-corrected chi connectivity index (χ3v) is 3.51. The summed E-state index contributed by atoms with van der Waals surface area (Å²) in [5.74, 6) is 2.78. The van der Waals surface area contributed by atoms with Crippen molar-refractivity contribution >= 4 is 40.5 Å². The van der Waals surface area contributed by atoms with Gasteiger partial charge in [-0.05, 0) is 42.0 Å². The molecule has 0 radical (unpaired) electrons. The molecule has 108 valence electrons. The van der Waals surface area contributed by atoms with Gasteiger partial charge in [-0.1, -0.05) is 40.7 Å². The van der Waals surface area contributed by atoms with Crippen LogP contribution in [0.4, 0.5) is 5.69 Å². The highest BCUT2D eigenvalue weighted by Crippen LogP contribution is 2.34. The molecule has 0 spiro atoms. The molecule has 0 saturated heterocycles. The van der Waals surface area contributed by atoms with Gasteiger partial charge in [-0.25, -0.2) is 0 Å². The summed E-state index contributed by atoms with van der Waals surface area (Å²) >= 11 is 18.1. The predicted octanol–water partition coefficient (Wildman–Crippen LogP) is 5.27. The van der Waals surface area contributed by atoms with Gasteiger partial charge in [0.25, 0.3) is 0 Å². The fourth-order valence-electron chi connectivity index (χ4n) is 1.74. The number of rotatable bonds is 5. The van der Waals surface area contributed by atoms with Crippen LogP contribution < -0.4 is 10.1 Å². The second-order valence-corrected chi connectivity index (χ2v) is 5.49. The van der Waals surface area contributed by atoms with Crippen molar-refractivity contribution < 1.29 is 4.74 Å². The minimum absolute atomic E-state index is 0.127. The van der Waals surface area contributed by atoms with Crippen molar-refractivity contribution in [3.63, 3.8) is 0 Å². The van der Waals surface area contributed by atoms with E-state index in [1.54, 1.807) is 12.1 Å². The second-order valence-electron chi connectivity index (χ2n) is 4.24. The zero-order valence-electron chi connectivity index (χ0n) is 11.0. The Kier molecular flexibility index (Phi) is 5.64. The van der Waals surface area contributed by atoms with Crippen molar-refractivity contribution in [1.29, 1.82) is 0 Å². The van der Waals surface area contributed by atoms with E-state index < -0.39 is 0 Å². The molecule has 5 heteroatoms. The molecule has 0 saturated carbocycles. The quantitative estimate of drug-likeness (QED) is 0.749. The van der Waals surface area contributed by atoms with E-state index in [4.69, 9.17) is 46.0 Å². The van der Waals surface area contributed by atoms with Crippen LogP contribution in [-0.4, -0.2) is 6.61 Å². The highest BCUT2D eigenvalue weighted by Gasteiger charge is 2.09. The van der Waals surface area contributed by atoms with E-state index in [1.807, 2.05) is 24.3 Å². The molecule has 0 amide bonds. The van der Waals surface area contributed by atoms with Crippen molar-refractivity contribution in [1.82, 2.24) is 0 Å². The number of halogens is 3. The summed E-state index contributed by atoms with van der Waals surface area (Å²) in [6.07, 6.45) is 5.15. The molecule has 2 nitrogen and oxygen atoms in total. The van der Waals surface area contributed by atoms with Crippen LogP contribution in [0.3, 0.4) is 0 Å². The summed E-state index contributed by atoms with van der Waals surface area (Å²) in [6.45, 7) is 0.707. The van der Waals surface area contributed by atoms with Gasteiger partial charge in [0.05, 0.1) is 10.0 Å². The van der Waals surface area contributed by atoms with Crippen LogP contribution in [0.5, 0.6) is 5.75 Å². The molecule has 0 aliphatic heterocycles. The number of hydrogen-bond donors (Lipinski definition) is 1. The van der Waals surface area contributed by atoms with Crippen molar-refractivity contribution in [3.8, 4) is 18.1 Å². The maximum absolute atomic E-state index is 6.15. The molecule has 2 aromatic carbocycles. The van der Waals surface area contributed by atoms with Crippen molar-refractivity contribution in [2.75, 3.05) is 11.9 Å². The van der Waals surface area contributed by atoms with Crippen LogP contribution in [0.25, 0.3) is 0 Å². The van der Waals surface area contributed by atoms with Gasteiger partial charge in [0, 0.05) is 17.3 Å². The largest absolute Gasteiger partial charge is 0.478 e. The van der Waals surface area contributed by atoms with E-state index in [0.717, 1.165) is 11.3 Å². The SMILES string of the molecule is C#CCOc1c(Cl)cc(CNc2ccc(Cl)cc2)cc1Cl. The van der Waals surface area contributed by atoms with E-state index in [2.05, 4.69) is 11.2 Å². The lowest BCUT2D eigenvalue weighted by Crippen LogP contribution is -2.01. The number of hydrogen-bond acceptors (Lipinski definition) is 2. The van der Waals surface area contributed by atoms with Gasteiger partial charge < -0.3 is 10.1 Å². The molecule has 0 atom stereocenters. The van der Waals surface area contributed by atoms with Crippen molar-refractivity contribution in [3.05, 3.63) is 57.0 Å². The summed E-state index contributed by atoms with van der Waals surface area (Å²) in [6, 6.07) is 11.0. The zero-order valence-corrected chi connectivity index (χ0v) is 13.3. The summed E-state index contributed by atoms with van der Waals surface area (Å²) in [7, 11) is 0. The van der Waals surface area contributed by atoms with Crippen LogP contribution >= 0.6 is 34.8 Å². The molecule has 0 unspecified atom stereocenters. The first kappa shape index (κ1) is 15.9. The summed E-state index contributed by atoms with van der Waals surface area (Å²) in [5, 5.41) is 4.82. The zero-order chi connectivity index (χ0) is 15.2. The van der Waals surface area contributed by atoms with Gasteiger partial charge in [0.2, 0.25) is 0 Å². The molecule has 1 N–H and O–H groups in total. The molecular weight excluding hydrogens is 329 g/mol. The first-order chi connectivity index (χ1) is 10.1. The normalized spacial score (nSPS) is 10.0. The molecule has 21 heavy (non-hydrogen) atoms. The number of anilines is 1. The molecular formula is C16H12Cl3NO. The lowest BCUT2D eigenvalue weighted by atomic mass is 10.2. The Hall–Kier alpha value is -1.53. The van der Waals surface area contributed by atoms with Gasteiger partial charge in [0.15, 0.2) is 5.75 Å². The smallest absolute Gasteiger partial charge is 0.157 e. The Morgan fingerprint density at radius 2 is 1.67 bits per heavy atom. The molecule has 0 heterocycles. The monoisotopic (exact) mass is 339 g/mol. The van der Waals surface area contributed by atoms with E-state index in [9.17, 15) is 0 Å². The summed E-state index contributed by atoms with van der Waals surface area (Å²) in [5.41, 5.74) is 1.90. The van der Waals surface area contributed by atoms with Gasteiger partial charge in [0.1, 0.15) is 6.61 Å². The van der Waals surface area contributed by atoms with Crippen molar-refractivity contribution in [2.45, 2.75) is 6.54 Å². The van der Waals surface area contributed by atoms with Crippen LogP contribution in [0.1, 0.15) is 5.56 Å². The van der Waals surface area contributed by atoms with Crippen LogP contribution in [0.15, 0.2) is 36.4 Å². The predicted molar refractivity (Wildman–Crippen MR) is 89.6 cm³/mol. The van der Waals surface area contributed by atoms with Gasteiger partial charge in [-0.15, -0.1) is 6.42 Å². The minimum atomic E-state index is 0.127. The third kappa shape index (κ3) is 4.47. The average Bonchev–Trinajstić information content (AvgIpc) is 2.46. The van der Waals surface area contributed by atoms with Crippen molar-refractivity contribution in [2.24, 2.45) is 0 Å². The Bertz CT molecular complexity index is 639. The summed E-state index contributed by atoms with van der Waals surface area (Å²) < 4.78 is 5.31. The third-order valence-electron chi connectivity index (χ3n) is 2.70. The Morgan fingerprint density at radius 3 is 2.24 bits per heavy atom. The molecule has 0 bridgehead atoms. The fraction of sp³-hybridized carbons (Fsp3) is 0.125. The minimum Gasteiger partial charge on any atom is -0.478 e. The molecule has 0 aliphatic rings. The molecule has 0 aromatic heterocycles. The highest BCUT2D eigenvalue weighted by molar-refractivity contribution is 6.37. The first-order valence-corrected chi connectivity index (χ1v) is 7.27. The maximum Gasteiger partial charge on any atom is 0.157 e. The van der Waals surface area contributed by atoms with E-state index in [-0.39, 0.29) is 6.61 Å². The number of terminal acetylenes is 1. The number of nitrogens with one attached hydrogen (secondary N) is 1. The maximum atomic E-state index is 6.15. The topological polar surface area (TPSA) is 21.3 Å². The highest BCUT2D eigenvalue weighted by atomic mass is 35.5. The molecule has 0 aliphatic carbocycles. The lowest BCUT2D eigenvalue weighted by molar-refractivity contribution is 0.371. The standard InChI is InChI=1S/C16H12Cl3NO/c1-2-7-21-16-14(18)8-11(9-15(16)19)10-20-13-5-3-12(17)4-6-13/h1,3-6,8-9,20H,7,10H2. The molecule has 2 aromatic rings. The Balaban J connectivity index is 2.07. The lowest BCUT2D eigenvalue weighted by Gasteiger charge is -2.11. The van der Waals surface area contributed by atoms with Crippen LogP contribution in [0, 0.1) is 12.3 Å². The molecule has 0 fully saturated rings. The second kappa shape index (κ2) is 7.47. The summed E-state index contributed by atoms with van der Waals surface area (Å²) in [4.78, 5) is 0. The Labute approximate surface area is 139 Å². The van der Waals surface area contributed by atoms with Crippen LogP contribution in [-0.2, 0) is 6.54 Å².